The van der Waals surface area contributed by atoms with E-state index in [0.717, 1.165) is 0 Å². The zero-order valence-electron chi connectivity index (χ0n) is 13.5. The fraction of sp³-hybridized carbons (Fsp3) is 0.933. The largest absolute Gasteiger partial charge is 0.444 e. The molecule has 22 heavy (non-hydrogen) atoms. The number of nitrogens with two attached hydrogens (primary N) is 1. The number of β-amino-alcohol motifs (C(OH)–C–C–N with tert-alkyl or cyclic N) is 1. The summed E-state index contributed by atoms with van der Waals surface area (Å²) >= 11 is 0. The molecule has 0 aromatic rings. The van der Waals surface area contributed by atoms with Crippen LogP contribution in [-0.2, 0) is 4.74 Å². The Morgan fingerprint density at radius 1 is 1.18 bits per heavy atom. The van der Waals surface area contributed by atoms with Crippen LogP contribution in [0, 0.1) is 0 Å². The molecule has 0 radical (unpaired) electrons. The molecule has 3 N–H and O–H groups in total. The Balaban J connectivity index is 2.03. The number of alkyl halides is 2. The van der Waals surface area contributed by atoms with E-state index < -0.39 is 28.8 Å². The summed E-state index contributed by atoms with van der Waals surface area (Å²) in [5.74, 6) is -2.71. The highest BCUT2D eigenvalue weighted by molar-refractivity contribution is 5.68. The summed E-state index contributed by atoms with van der Waals surface area (Å²) in [5, 5.41) is 10.8. The first-order valence-corrected chi connectivity index (χ1v) is 7.73. The van der Waals surface area contributed by atoms with Crippen molar-refractivity contribution in [2.75, 3.05) is 13.1 Å². The van der Waals surface area contributed by atoms with Gasteiger partial charge in [0.2, 0.25) is 5.92 Å². The number of halogens is 2. The Morgan fingerprint density at radius 2 is 1.73 bits per heavy atom. The summed E-state index contributed by atoms with van der Waals surface area (Å²) in [6, 6.07) is 0. The van der Waals surface area contributed by atoms with Crippen molar-refractivity contribution in [2.24, 2.45) is 5.73 Å². The van der Waals surface area contributed by atoms with Crippen molar-refractivity contribution in [2.45, 2.75) is 75.5 Å². The Hall–Kier alpha value is -0.950. The van der Waals surface area contributed by atoms with Crippen LogP contribution in [0.3, 0.4) is 0 Å². The van der Waals surface area contributed by atoms with Gasteiger partial charge in [0.15, 0.2) is 0 Å². The predicted octanol–water partition coefficient (Wildman–Crippen LogP) is 2.27. The maximum atomic E-state index is 13.3. The van der Waals surface area contributed by atoms with Gasteiger partial charge in [0.1, 0.15) is 11.2 Å². The van der Waals surface area contributed by atoms with Gasteiger partial charge < -0.3 is 20.5 Å². The molecule has 1 aliphatic carbocycles. The minimum Gasteiger partial charge on any atom is -0.444 e. The number of ether oxygens (including phenoxy) is 1. The molecule has 0 aromatic heterocycles. The summed E-state index contributed by atoms with van der Waals surface area (Å²) in [5.41, 5.74) is 3.22. The molecule has 1 saturated carbocycles. The lowest BCUT2D eigenvalue weighted by atomic mass is 9.69. The number of likely N-dealkylation sites (tertiary alicyclic amines) is 1. The summed E-state index contributed by atoms with van der Waals surface area (Å²) in [4.78, 5) is 13.5. The van der Waals surface area contributed by atoms with Gasteiger partial charge in [0.25, 0.3) is 0 Å². The summed E-state index contributed by atoms with van der Waals surface area (Å²) in [7, 11) is 0. The number of rotatable bonds is 1. The van der Waals surface area contributed by atoms with E-state index in [0.29, 0.717) is 6.54 Å². The second-order valence-corrected chi connectivity index (χ2v) is 7.70. The second-order valence-electron chi connectivity index (χ2n) is 7.70. The van der Waals surface area contributed by atoms with Crippen molar-refractivity contribution in [1.29, 1.82) is 0 Å². The average Bonchev–Trinajstić information content (AvgIpc) is 2.76. The zero-order valence-corrected chi connectivity index (χ0v) is 13.5. The van der Waals surface area contributed by atoms with Crippen LogP contribution in [-0.4, -0.2) is 51.9 Å². The average molecular weight is 320 g/mol. The second kappa shape index (κ2) is 5.30. The van der Waals surface area contributed by atoms with Gasteiger partial charge in [-0.25, -0.2) is 13.6 Å². The van der Waals surface area contributed by atoms with Crippen LogP contribution in [0.2, 0.25) is 0 Å². The number of aliphatic hydroxyl groups is 1. The topological polar surface area (TPSA) is 75.8 Å². The molecule has 1 heterocycles. The molecule has 2 fully saturated rings. The van der Waals surface area contributed by atoms with E-state index in [1.54, 1.807) is 20.8 Å². The van der Waals surface area contributed by atoms with Crippen LogP contribution in [0.4, 0.5) is 13.6 Å². The van der Waals surface area contributed by atoms with Gasteiger partial charge in [-0.2, -0.15) is 0 Å². The number of nitrogens with zero attached hydrogens (tertiary/aromatic N) is 1. The smallest absolute Gasteiger partial charge is 0.410 e. The Labute approximate surface area is 129 Å². The van der Waals surface area contributed by atoms with Crippen molar-refractivity contribution < 1.29 is 23.4 Å². The number of carbonyl (C=O) groups is 1. The van der Waals surface area contributed by atoms with E-state index in [1.165, 1.54) is 4.90 Å². The van der Waals surface area contributed by atoms with Gasteiger partial charge in [0, 0.05) is 24.9 Å². The highest BCUT2D eigenvalue weighted by atomic mass is 19.3. The third kappa shape index (κ3) is 3.51. The van der Waals surface area contributed by atoms with Crippen LogP contribution >= 0.6 is 0 Å². The van der Waals surface area contributed by atoms with Gasteiger partial charge >= 0.3 is 6.09 Å². The van der Waals surface area contributed by atoms with Gasteiger partial charge in [-0.15, -0.1) is 0 Å². The van der Waals surface area contributed by atoms with E-state index in [-0.39, 0.29) is 38.6 Å². The molecule has 7 heteroatoms. The minimum atomic E-state index is -2.71. The molecule has 1 atom stereocenters. The van der Waals surface area contributed by atoms with Crippen LogP contribution < -0.4 is 5.73 Å². The lowest BCUT2D eigenvalue weighted by molar-refractivity contribution is -0.102. The molecule has 1 unspecified atom stereocenters. The Morgan fingerprint density at radius 3 is 2.23 bits per heavy atom. The van der Waals surface area contributed by atoms with E-state index in [2.05, 4.69) is 0 Å². The van der Waals surface area contributed by atoms with Crippen LogP contribution in [0.5, 0.6) is 0 Å². The molecule has 0 aromatic carbocycles. The molecular weight excluding hydrogens is 294 g/mol. The zero-order chi connectivity index (χ0) is 16.8. The van der Waals surface area contributed by atoms with Gasteiger partial charge in [-0.1, -0.05) is 0 Å². The van der Waals surface area contributed by atoms with Gasteiger partial charge in [0.05, 0.1) is 6.54 Å². The van der Waals surface area contributed by atoms with E-state index in [9.17, 15) is 18.7 Å². The monoisotopic (exact) mass is 320 g/mol. The summed E-state index contributed by atoms with van der Waals surface area (Å²) in [6.45, 7) is 5.65. The molecule has 2 aliphatic rings. The molecule has 1 saturated heterocycles. The highest BCUT2D eigenvalue weighted by Crippen LogP contribution is 2.45. The lowest BCUT2D eigenvalue weighted by Crippen LogP contribution is -2.64. The molecule has 0 bridgehead atoms. The first-order valence-electron chi connectivity index (χ1n) is 7.73. The lowest BCUT2D eigenvalue weighted by Gasteiger charge is -2.46. The Bertz CT molecular complexity index is 441. The molecule has 1 aliphatic heterocycles. The molecule has 1 amide bonds. The quantitative estimate of drug-likeness (QED) is 0.777. The van der Waals surface area contributed by atoms with Crippen molar-refractivity contribution in [3.05, 3.63) is 0 Å². The molecule has 128 valence electrons. The fourth-order valence-corrected chi connectivity index (χ4v) is 3.21. The van der Waals surface area contributed by atoms with Gasteiger partial charge in [-0.05, 0) is 40.0 Å². The maximum Gasteiger partial charge on any atom is 0.410 e. The first-order chi connectivity index (χ1) is 9.86. The fourth-order valence-electron chi connectivity index (χ4n) is 3.21. The molecule has 2 rings (SSSR count). The standard InChI is InChI=1S/C15H26F2N2O3/c1-12(2,3)22-11(20)19-9-8-14(21,10-19)13(18)4-6-15(16,17)7-5-13/h21H,4-10,18H2,1-3H3. The third-order valence-corrected chi connectivity index (χ3v) is 4.70. The molecular formula is C15H26F2N2O3. The predicted molar refractivity (Wildman–Crippen MR) is 77.7 cm³/mol. The van der Waals surface area contributed by atoms with Crippen molar-refractivity contribution in [3.63, 3.8) is 0 Å². The van der Waals surface area contributed by atoms with E-state index in [1.807, 2.05) is 0 Å². The minimum absolute atomic E-state index is 0.0317. The first kappa shape index (κ1) is 17.4. The van der Waals surface area contributed by atoms with Crippen molar-refractivity contribution in [1.82, 2.24) is 4.90 Å². The SMILES string of the molecule is CC(C)(C)OC(=O)N1CCC(O)(C2(N)CCC(F)(F)CC2)C1. The normalized spacial score (nSPS) is 31.1. The van der Waals surface area contributed by atoms with Crippen molar-refractivity contribution in [3.8, 4) is 0 Å². The van der Waals surface area contributed by atoms with Crippen LogP contribution in [0.25, 0.3) is 0 Å². The van der Waals surface area contributed by atoms with Crippen molar-refractivity contribution >= 4 is 6.09 Å². The number of carbonyl (C=O) groups excluding carboxylic acids is 1. The highest BCUT2D eigenvalue weighted by Gasteiger charge is 2.56. The maximum absolute atomic E-state index is 13.3. The Kier molecular flexibility index (Phi) is 4.19. The third-order valence-electron chi connectivity index (χ3n) is 4.70. The number of hydrogen-bond donors (Lipinski definition) is 2. The van der Waals surface area contributed by atoms with E-state index in [4.69, 9.17) is 10.5 Å². The number of amides is 1. The van der Waals surface area contributed by atoms with E-state index >= 15 is 0 Å². The number of hydrogen-bond acceptors (Lipinski definition) is 4. The molecule has 0 spiro atoms. The molecule has 5 nitrogen and oxygen atoms in total. The van der Waals surface area contributed by atoms with Crippen LogP contribution in [0.15, 0.2) is 0 Å². The summed E-state index contributed by atoms with van der Waals surface area (Å²) in [6.07, 6.45) is -0.754. The van der Waals surface area contributed by atoms with Crippen LogP contribution in [0.1, 0.15) is 52.9 Å². The summed E-state index contributed by atoms with van der Waals surface area (Å²) < 4.78 is 31.9. The van der Waals surface area contributed by atoms with Gasteiger partial charge in [-0.3, -0.25) is 0 Å².